The van der Waals surface area contributed by atoms with E-state index in [0.29, 0.717) is 29.0 Å². The number of fused-ring (bicyclic) bond motifs is 2. The Balaban J connectivity index is 1.77. The summed E-state index contributed by atoms with van der Waals surface area (Å²) in [7, 11) is 0. The number of carbonyl (C=O) groups excluding carboxylic acids is 1. The molecule has 134 valence electrons. The summed E-state index contributed by atoms with van der Waals surface area (Å²) in [5.74, 6) is 0.180. The Morgan fingerprint density at radius 1 is 1.11 bits per heavy atom. The van der Waals surface area contributed by atoms with Crippen LogP contribution in [0.15, 0.2) is 70.0 Å². The smallest absolute Gasteiger partial charge is 0.337 e. The Labute approximate surface area is 154 Å². The van der Waals surface area contributed by atoms with Gasteiger partial charge < -0.3 is 14.5 Å². The number of ether oxygens (including phenoxy) is 1. The number of benzene rings is 2. The summed E-state index contributed by atoms with van der Waals surface area (Å²) in [6, 6.07) is 15.4. The van der Waals surface area contributed by atoms with Crippen molar-refractivity contribution in [2.75, 3.05) is 11.9 Å². The third-order valence-corrected chi connectivity index (χ3v) is 4.17. The first-order valence-electron chi connectivity index (χ1n) is 8.51. The molecular weight excluding hydrogens is 344 g/mol. The first-order chi connectivity index (χ1) is 13.2. The Kier molecular flexibility index (Phi) is 4.30. The maximum Gasteiger partial charge on any atom is 0.337 e. The average molecular weight is 360 g/mol. The number of hydrogen-bond acceptors (Lipinski definition) is 5. The number of rotatable bonds is 4. The zero-order valence-corrected chi connectivity index (χ0v) is 14.6. The number of nitrogens with one attached hydrogen (secondary N) is 1. The monoisotopic (exact) mass is 360 g/mol. The highest BCUT2D eigenvalue weighted by Gasteiger charge is 2.15. The fourth-order valence-corrected chi connectivity index (χ4v) is 2.99. The fraction of sp³-hybridized carbons (Fsp3) is 0.0952. The van der Waals surface area contributed by atoms with Gasteiger partial charge in [-0.05, 0) is 43.3 Å². The summed E-state index contributed by atoms with van der Waals surface area (Å²) in [5, 5.41) is 4.22. The van der Waals surface area contributed by atoms with Crippen LogP contribution in [-0.4, -0.2) is 17.5 Å². The van der Waals surface area contributed by atoms with Crippen LogP contribution < -0.4 is 15.7 Å². The lowest BCUT2D eigenvalue weighted by Crippen LogP contribution is -2.15. The van der Waals surface area contributed by atoms with E-state index in [1.54, 1.807) is 36.5 Å². The van der Waals surface area contributed by atoms with Gasteiger partial charge in [0, 0.05) is 29.1 Å². The summed E-state index contributed by atoms with van der Waals surface area (Å²) in [4.78, 5) is 29.1. The van der Waals surface area contributed by atoms with Crippen LogP contribution in [0.25, 0.3) is 21.9 Å². The van der Waals surface area contributed by atoms with Crippen molar-refractivity contribution in [1.82, 2.24) is 4.98 Å². The van der Waals surface area contributed by atoms with Crippen molar-refractivity contribution in [2.24, 2.45) is 0 Å². The van der Waals surface area contributed by atoms with E-state index >= 15 is 0 Å². The van der Waals surface area contributed by atoms with Crippen LogP contribution >= 0.6 is 0 Å². The lowest BCUT2D eigenvalue weighted by Gasteiger charge is -2.10. The predicted molar refractivity (Wildman–Crippen MR) is 103 cm³/mol. The molecule has 0 aliphatic carbocycles. The van der Waals surface area contributed by atoms with Crippen molar-refractivity contribution in [3.05, 3.63) is 76.8 Å². The molecule has 2 heterocycles. The number of nitrogens with zero attached hydrogens (tertiary/aromatic N) is 1. The molecule has 6 nitrogen and oxygen atoms in total. The average Bonchev–Trinajstić information content (AvgIpc) is 2.67. The topological polar surface area (TPSA) is 81.4 Å². The number of amides is 1. The van der Waals surface area contributed by atoms with Crippen molar-refractivity contribution < 1.29 is 13.9 Å². The van der Waals surface area contributed by atoms with Gasteiger partial charge in [0.15, 0.2) is 0 Å². The van der Waals surface area contributed by atoms with Crippen LogP contribution in [0.4, 0.5) is 5.69 Å². The van der Waals surface area contributed by atoms with Gasteiger partial charge in [0.25, 0.3) is 5.91 Å². The van der Waals surface area contributed by atoms with Gasteiger partial charge in [-0.15, -0.1) is 0 Å². The number of aromatic nitrogens is 1. The fourth-order valence-electron chi connectivity index (χ4n) is 2.99. The highest BCUT2D eigenvalue weighted by atomic mass is 16.5. The third kappa shape index (κ3) is 3.25. The van der Waals surface area contributed by atoms with Gasteiger partial charge >= 0.3 is 5.63 Å². The molecule has 0 aliphatic heterocycles. The Hall–Kier alpha value is -3.67. The maximum absolute atomic E-state index is 12.9. The molecule has 0 saturated carbocycles. The molecule has 0 aliphatic rings. The molecule has 1 N–H and O–H groups in total. The van der Waals surface area contributed by atoms with E-state index in [0.717, 1.165) is 10.9 Å². The molecule has 0 saturated heterocycles. The highest BCUT2D eigenvalue weighted by molar-refractivity contribution is 6.14. The van der Waals surface area contributed by atoms with Crippen LogP contribution in [0, 0.1) is 0 Å². The molecule has 0 fully saturated rings. The van der Waals surface area contributed by atoms with Gasteiger partial charge in [-0.3, -0.25) is 9.78 Å². The molecule has 4 aromatic rings. The highest BCUT2D eigenvalue weighted by Crippen LogP contribution is 2.25. The third-order valence-electron chi connectivity index (χ3n) is 4.17. The van der Waals surface area contributed by atoms with E-state index < -0.39 is 11.5 Å². The van der Waals surface area contributed by atoms with E-state index in [9.17, 15) is 9.59 Å². The standard InChI is InChI=1S/C21H16N2O4/c1-2-26-13-8-9-14-16(12-20(24)27-19(14)11-13)21(25)23-18-7-3-6-17-15(18)5-4-10-22-17/h3-12H,2H2,1H3,(H,23,25). The summed E-state index contributed by atoms with van der Waals surface area (Å²) in [6.07, 6.45) is 1.69. The summed E-state index contributed by atoms with van der Waals surface area (Å²) >= 11 is 0. The maximum atomic E-state index is 12.9. The Morgan fingerprint density at radius 2 is 2.00 bits per heavy atom. The normalized spacial score (nSPS) is 10.9. The first kappa shape index (κ1) is 16.8. The second-order valence-corrected chi connectivity index (χ2v) is 5.90. The first-order valence-corrected chi connectivity index (χ1v) is 8.51. The quantitative estimate of drug-likeness (QED) is 0.557. The molecule has 0 spiro atoms. The van der Waals surface area contributed by atoms with Crippen molar-refractivity contribution in [1.29, 1.82) is 0 Å². The molecule has 4 rings (SSSR count). The van der Waals surface area contributed by atoms with E-state index in [2.05, 4.69) is 10.3 Å². The van der Waals surface area contributed by atoms with E-state index in [4.69, 9.17) is 9.15 Å². The Bertz CT molecular complexity index is 1210. The number of hydrogen-bond donors (Lipinski definition) is 1. The van der Waals surface area contributed by atoms with E-state index in [-0.39, 0.29) is 5.56 Å². The number of pyridine rings is 1. The van der Waals surface area contributed by atoms with Gasteiger partial charge in [0.1, 0.15) is 11.3 Å². The predicted octanol–water partition coefficient (Wildman–Crippen LogP) is 3.99. The van der Waals surface area contributed by atoms with Crippen LogP contribution in [-0.2, 0) is 0 Å². The zero-order valence-electron chi connectivity index (χ0n) is 14.6. The molecule has 0 unspecified atom stereocenters. The summed E-state index contributed by atoms with van der Waals surface area (Å²) in [5.41, 5.74) is 1.34. The molecule has 27 heavy (non-hydrogen) atoms. The summed E-state index contributed by atoms with van der Waals surface area (Å²) in [6.45, 7) is 2.36. The van der Waals surface area contributed by atoms with Gasteiger partial charge in [0.05, 0.1) is 23.4 Å². The lowest BCUT2D eigenvalue weighted by molar-refractivity contribution is 0.102. The molecule has 6 heteroatoms. The second-order valence-electron chi connectivity index (χ2n) is 5.90. The molecule has 1 amide bonds. The molecule has 0 atom stereocenters. The van der Waals surface area contributed by atoms with Gasteiger partial charge in [-0.1, -0.05) is 6.07 Å². The van der Waals surface area contributed by atoms with Crippen LogP contribution in [0.5, 0.6) is 5.75 Å². The van der Waals surface area contributed by atoms with Gasteiger partial charge in [0.2, 0.25) is 0 Å². The largest absolute Gasteiger partial charge is 0.494 e. The van der Waals surface area contributed by atoms with Crippen LogP contribution in [0.3, 0.4) is 0 Å². The van der Waals surface area contributed by atoms with E-state index in [1.165, 1.54) is 6.07 Å². The van der Waals surface area contributed by atoms with Crippen molar-refractivity contribution in [2.45, 2.75) is 6.92 Å². The molecule has 0 radical (unpaired) electrons. The SMILES string of the molecule is CCOc1ccc2c(C(=O)Nc3cccc4ncccc34)cc(=O)oc2c1. The minimum absolute atomic E-state index is 0.241. The molecule has 2 aromatic carbocycles. The van der Waals surface area contributed by atoms with Crippen molar-refractivity contribution in [3.63, 3.8) is 0 Å². The van der Waals surface area contributed by atoms with Crippen LogP contribution in [0.1, 0.15) is 17.3 Å². The van der Waals surface area contributed by atoms with Crippen molar-refractivity contribution in [3.8, 4) is 5.75 Å². The lowest BCUT2D eigenvalue weighted by atomic mass is 10.1. The second kappa shape index (κ2) is 6.92. The van der Waals surface area contributed by atoms with E-state index in [1.807, 2.05) is 25.1 Å². The number of anilines is 1. The zero-order chi connectivity index (χ0) is 18.8. The van der Waals surface area contributed by atoms with Gasteiger partial charge in [-0.25, -0.2) is 4.79 Å². The molecular formula is C21H16N2O4. The summed E-state index contributed by atoms with van der Waals surface area (Å²) < 4.78 is 10.7. The molecule has 0 bridgehead atoms. The van der Waals surface area contributed by atoms with Crippen LogP contribution in [0.2, 0.25) is 0 Å². The minimum atomic E-state index is -0.596. The van der Waals surface area contributed by atoms with Gasteiger partial charge in [-0.2, -0.15) is 0 Å². The van der Waals surface area contributed by atoms with Crippen molar-refractivity contribution >= 4 is 33.5 Å². The number of carbonyl (C=O) groups is 1. The Morgan fingerprint density at radius 3 is 2.85 bits per heavy atom. The minimum Gasteiger partial charge on any atom is -0.494 e. The molecule has 2 aromatic heterocycles.